The predicted octanol–water partition coefficient (Wildman–Crippen LogP) is 4.04. The molecule has 0 aliphatic rings. The first-order valence-electron chi connectivity index (χ1n) is 10.1. The number of ether oxygens (including phenoxy) is 2. The zero-order valence-corrected chi connectivity index (χ0v) is 21.1. The van der Waals surface area contributed by atoms with Gasteiger partial charge in [0.1, 0.15) is 6.10 Å². The molecular formula is C23H33IN4O3. The van der Waals surface area contributed by atoms with Gasteiger partial charge in [-0.05, 0) is 36.8 Å². The van der Waals surface area contributed by atoms with Gasteiger partial charge in [0.15, 0.2) is 17.5 Å². The number of nitrogens with zero attached hydrogens (tertiary/aromatic N) is 1. The van der Waals surface area contributed by atoms with Crippen LogP contribution in [-0.2, 0) is 11.3 Å². The summed E-state index contributed by atoms with van der Waals surface area (Å²) >= 11 is 0. The van der Waals surface area contributed by atoms with Crippen LogP contribution in [-0.4, -0.2) is 38.7 Å². The number of nitrogens with one attached hydrogen (secondary N) is 3. The number of rotatable bonds is 9. The number of carbonyl (C=O) groups is 1. The summed E-state index contributed by atoms with van der Waals surface area (Å²) in [5.74, 6) is 2.06. The number of halogens is 1. The van der Waals surface area contributed by atoms with Crippen LogP contribution in [0.25, 0.3) is 0 Å². The van der Waals surface area contributed by atoms with Crippen molar-refractivity contribution in [3.63, 3.8) is 0 Å². The Bertz CT molecular complexity index is 841. The molecule has 1 atom stereocenters. The number of carbonyl (C=O) groups excluding carboxylic acids is 1. The molecule has 0 fully saturated rings. The molecule has 0 heterocycles. The van der Waals surface area contributed by atoms with E-state index in [0.29, 0.717) is 30.5 Å². The molecule has 0 spiro atoms. The summed E-state index contributed by atoms with van der Waals surface area (Å²) in [5, 5.41) is 9.43. The molecule has 7 nitrogen and oxygen atoms in total. The van der Waals surface area contributed by atoms with E-state index in [1.165, 1.54) is 0 Å². The number of hydrogen-bond acceptors (Lipinski definition) is 4. The van der Waals surface area contributed by atoms with Gasteiger partial charge in [0, 0.05) is 25.2 Å². The summed E-state index contributed by atoms with van der Waals surface area (Å²) in [5.41, 5.74) is 1.88. The van der Waals surface area contributed by atoms with Crippen LogP contribution in [0.2, 0.25) is 0 Å². The van der Waals surface area contributed by atoms with Crippen LogP contribution in [0.3, 0.4) is 0 Å². The molecule has 1 amide bonds. The second-order valence-electron chi connectivity index (χ2n) is 7.23. The molecular weight excluding hydrogens is 507 g/mol. The van der Waals surface area contributed by atoms with E-state index < -0.39 is 0 Å². The van der Waals surface area contributed by atoms with Crippen LogP contribution in [0.1, 0.15) is 26.3 Å². The highest BCUT2D eigenvalue weighted by Gasteiger charge is 2.10. The van der Waals surface area contributed by atoms with Crippen molar-refractivity contribution in [1.82, 2.24) is 10.6 Å². The Kier molecular flexibility index (Phi) is 11.8. The van der Waals surface area contributed by atoms with E-state index in [2.05, 4.69) is 20.9 Å². The van der Waals surface area contributed by atoms with Gasteiger partial charge in [-0.2, -0.15) is 0 Å². The Morgan fingerprint density at radius 2 is 1.65 bits per heavy atom. The van der Waals surface area contributed by atoms with Crippen molar-refractivity contribution < 1.29 is 14.3 Å². The Morgan fingerprint density at radius 3 is 2.23 bits per heavy atom. The quantitative estimate of drug-likeness (QED) is 0.254. The van der Waals surface area contributed by atoms with Crippen molar-refractivity contribution in [2.75, 3.05) is 26.0 Å². The van der Waals surface area contributed by atoms with Crippen LogP contribution in [0, 0.1) is 5.92 Å². The van der Waals surface area contributed by atoms with Gasteiger partial charge in [0.2, 0.25) is 5.91 Å². The van der Waals surface area contributed by atoms with Crippen molar-refractivity contribution in [3.8, 4) is 11.5 Å². The lowest BCUT2D eigenvalue weighted by Crippen LogP contribution is -2.41. The van der Waals surface area contributed by atoms with E-state index >= 15 is 0 Å². The highest BCUT2D eigenvalue weighted by molar-refractivity contribution is 14.0. The number of benzene rings is 2. The Balaban J connectivity index is 0.00000480. The predicted molar refractivity (Wildman–Crippen MR) is 137 cm³/mol. The number of hydrogen-bond donors (Lipinski definition) is 3. The highest BCUT2D eigenvalue weighted by Crippen LogP contribution is 2.26. The standard InChI is InChI=1S/C23H32N4O3.HI/c1-16(2)22(28)27-19-12-10-18(11-13-19)15-26-23(24-4)25-14-17(3)30-21-9-7-6-8-20(21)29-5;/h6-13,16-17H,14-15H2,1-5H3,(H,27,28)(H2,24,25,26);1H. The number of anilines is 1. The summed E-state index contributed by atoms with van der Waals surface area (Å²) in [6, 6.07) is 15.3. The van der Waals surface area contributed by atoms with E-state index in [-0.39, 0.29) is 41.9 Å². The number of amides is 1. The normalized spacial score (nSPS) is 11.9. The smallest absolute Gasteiger partial charge is 0.226 e. The Morgan fingerprint density at radius 1 is 1.00 bits per heavy atom. The largest absolute Gasteiger partial charge is 0.493 e. The molecule has 0 bridgehead atoms. The van der Waals surface area contributed by atoms with Gasteiger partial charge in [-0.15, -0.1) is 24.0 Å². The number of guanidine groups is 1. The number of methoxy groups -OCH3 is 1. The fourth-order valence-electron chi connectivity index (χ4n) is 2.61. The number of para-hydroxylation sites is 2. The van der Waals surface area contributed by atoms with Gasteiger partial charge in [0.25, 0.3) is 0 Å². The third-order valence-electron chi connectivity index (χ3n) is 4.38. The Labute approximate surface area is 202 Å². The summed E-state index contributed by atoms with van der Waals surface area (Å²) in [4.78, 5) is 16.0. The summed E-state index contributed by atoms with van der Waals surface area (Å²) in [7, 11) is 3.35. The minimum Gasteiger partial charge on any atom is -0.493 e. The zero-order chi connectivity index (χ0) is 21.9. The molecule has 3 N–H and O–H groups in total. The third-order valence-corrected chi connectivity index (χ3v) is 4.38. The lowest BCUT2D eigenvalue weighted by atomic mass is 10.1. The fourth-order valence-corrected chi connectivity index (χ4v) is 2.61. The average Bonchev–Trinajstić information content (AvgIpc) is 2.75. The first-order valence-corrected chi connectivity index (χ1v) is 10.1. The van der Waals surface area contributed by atoms with Gasteiger partial charge in [-0.1, -0.05) is 38.1 Å². The monoisotopic (exact) mass is 540 g/mol. The molecule has 170 valence electrons. The maximum Gasteiger partial charge on any atom is 0.226 e. The number of aliphatic imine (C=N–C) groups is 1. The van der Waals surface area contributed by atoms with Crippen LogP contribution < -0.4 is 25.4 Å². The van der Waals surface area contributed by atoms with E-state index in [4.69, 9.17) is 9.47 Å². The third kappa shape index (κ3) is 9.04. The first kappa shape index (κ1) is 26.5. The SMILES string of the molecule is CN=C(NCc1ccc(NC(=O)C(C)C)cc1)NCC(C)Oc1ccccc1OC.I. The summed E-state index contributed by atoms with van der Waals surface area (Å²) < 4.78 is 11.3. The van der Waals surface area contributed by atoms with Crippen LogP contribution >= 0.6 is 24.0 Å². The minimum absolute atomic E-state index is 0. The molecule has 0 aromatic heterocycles. The van der Waals surface area contributed by atoms with Gasteiger partial charge < -0.3 is 25.4 Å². The molecule has 31 heavy (non-hydrogen) atoms. The van der Waals surface area contributed by atoms with Crippen molar-refractivity contribution in [2.45, 2.75) is 33.4 Å². The lowest BCUT2D eigenvalue weighted by Gasteiger charge is -2.19. The fraction of sp³-hybridized carbons (Fsp3) is 0.391. The second kappa shape index (κ2) is 13.7. The van der Waals surface area contributed by atoms with Gasteiger partial charge >= 0.3 is 0 Å². The van der Waals surface area contributed by atoms with E-state index in [0.717, 1.165) is 11.3 Å². The van der Waals surface area contributed by atoms with Crippen molar-refractivity contribution in [3.05, 3.63) is 54.1 Å². The van der Waals surface area contributed by atoms with Crippen molar-refractivity contribution in [1.29, 1.82) is 0 Å². The molecule has 0 radical (unpaired) electrons. The van der Waals surface area contributed by atoms with Crippen molar-refractivity contribution in [2.24, 2.45) is 10.9 Å². The van der Waals surface area contributed by atoms with E-state index in [9.17, 15) is 4.79 Å². The highest BCUT2D eigenvalue weighted by atomic mass is 127. The zero-order valence-electron chi connectivity index (χ0n) is 18.8. The maximum atomic E-state index is 11.8. The van der Waals surface area contributed by atoms with Gasteiger partial charge in [-0.25, -0.2) is 0 Å². The molecule has 2 aromatic carbocycles. The Hall–Kier alpha value is -2.49. The minimum atomic E-state index is -0.0799. The lowest BCUT2D eigenvalue weighted by molar-refractivity contribution is -0.118. The van der Waals surface area contributed by atoms with Gasteiger partial charge in [-0.3, -0.25) is 9.79 Å². The van der Waals surface area contributed by atoms with E-state index in [1.54, 1.807) is 14.2 Å². The molecule has 1 unspecified atom stereocenters. The molecule has 0 saturated heterocycles. The molecule has 0 aliphatic carbocycles. The average molecular weight is 540 g/mol. The molecule has 0 saturated carbocycles. The molecule has 8 heteroatoms. The topological polar surface area (TPSA) is 84.0 Å². The first-order chi connectivity index (χ1) is 14.4. The van der Waals surface area contributed by atoms with Crippen LogP contribution in [0.4, 0.5) is 5.69 Å². The molecule has 2 rings (SSSR count). The second-order valence-corrected chi connectivity index (χ2v) is 7.23. The summed E-state index contributed by atoms with van der Waals surface area (Å²) in [6.45, 7) is 6.91. The molecule has 2 aromatic rings. The maximum absolute atomic E-state index is 11.8. The van der Waals surface area contributed by atoms with Gasteiger partial charge in [0.05, 0.1) is 13.7 Å². The summed E-state index contributed by atoms with van der Waals surface area (Å²) in [6.07, 6.45) is -0.0799. The van der Waals surface area contributed by atoms with Crippen molar-refractivity contribution >= 4 is 41.5 Å². The van der Waals surface area contributed by atoms with Crippen LogP contribution in [0.15, 0.2) is 53.5 Å². The van der Waals surface area contributed by atoms with Crippen LogP contribution in [0.5, 0.6) is 11.5 Å². The molecule has 0 aliphatic heterocycles. The van der Waals surface area contributed by atoms with E-state index in [1.807, 2.05) is 69.3 Å².